The molecule has 0 bridgehead atoms. The Kier molecular flexibility index (Phi) is 2.73. The summed E-state index contributed by atoms with van der Waals surface area (Å²) in [5.41, 5.74) is 2.71. The predicted octanol–water partition coefficient (Wildman–Crippen LogP) is 3.76. The van der Waals surface area contributed by atoms with Gasteiger partial charge in [-0.15, -0.1) is 0 Å². The van der Waals surface area contributed by atoms with E-state index in [0.29, 0.717) is 0 Å². The third kappa shape index (κ3) is 2.13. The number of benzene rings is 1. The lowest BCUT2D eigenvalue weighted by molar-refractivity contribution is 0.0480. The fourth-order valence-corrected chi connectivity index (χ4v) is 3.07. The molecule has 2 nitrogen and oxygen atoms in total. The van der Waals surface area contributed by atoms with E-state index in [1.54, 1.807) is 0 Å². The quantitative estimate of drug-likeness (QED) is 0.837. The lowest BCUT2D eigenvalue weighted by Crippen LogP contribution is -2.34. The third-order valence-corrected chi connectivity index (χ3v) is 4.09. The number of rotatable bonds is 2. The molecule has 17 heavy (non-hydrogen) atoms. The SMILES string of the molecule is CC1(Oc2cccc3c2CCN3)CCCCC1. The van der Waals surface area contributed by atoms with E-state index in [0.717, 1.165) is 18.7 Å². The van der Waals surface area contributed by atoms with Crippen molar-refractivity contribution in [2.45, 2.75) is 51.0 Å². The van der Waals surface area contributed by atoms with Gasteiger partial charge in [0.25, 0.3) is 0 Å². The molecule has 1 heterocycles. The van der Waals surface area contributed by atoms with Gasteiger partial charge in [0.05, 0.1) is 0 Å². The van der Waals surface area contributed by atoms with Crippen LogP contribution >= 0.6 is 0 Å². The maximum atomic E-state index is 6.35. The van der Waals surface area contributed by atoms with Crippen molar-refractivity contribution in [1.29, 1.82) is 0 Å². The zero-order chi connectivity index (χ0) is 11.7. The molecule has 1 fully saturated rings. The Morgan fingerprint density at radius 1 is 1.18 bits per heavy atom. The van der Waals surface area contributed by atoms with E-state index in [1.807, 2.05) is 0 Å². The number of nitrogens with one attached hydrogen (secondary N) is 1. The van der Waals surface area contributed by atoms with E-state index in [2.05, 4.69) is 30.4 Å². The van der Waals surface area contributed by atoms with Crippen LogP contribution in [0.4, 0.5) is 5.69 Å². The van der Waals surface area contributed by atoms with E-state index in [1.165, 1.54) is 43.4 Å². The van der Waals surface area contributed by atoms with Crippen LogP contribution < -0.4 is 10.1 Å². The van der Waals surface area contributed by atoms with E-state index < -0.39 is 0 Å². The molecule has 1 aliphatic heterocycles. The van der Waals surface area contributed by atoms with Gasteiger partial charge in [-0.05, 0) is 51.2 Å². The highest BCUT2D eigenvalue weighted by atomic mass is 16.5. The molecule has 0 radical (unpaired) electrons. The minimum Gasteiger partial charge on any atom is -0.487 e. The summed E-state index contributed by atoms with van der Waals surface area (Å²) in [6.07, 6.45) is 7.48. The zero-order valence-corrected chi connectivity index (χ0v) is 10.6. The van der Waals surface area contributed by atoms with Crippen molar-refractivity contribution >= 4 is 5.69 Å². The van der Waals surface area contributed by atoms with Crippen molar-refractivity contribution in [1.82, 2.24) is 0 Å². The van der Waals surface area contributed by atoms with Crippen molar-refractivity contribution in [2.75, 3.05) is 11.9 Å². The standard InChI is InChI=1S/C15H21NO/c1-15(9-3-2-4-10-15)17-14-7-5-6-13-12(14)8-11-16-13/h5-7,16H,2-4,8-11H2,1H3. The lowest BCUT2D eigenvalue weighted by atomic mass is 9.86. The van der Waals surface area contributed by atoms with Crippen LogP contribution in [-0.4, -0.2) is 12.1 Å². The van der Waals surface area contributed by atoms with Crippen LogP contribution in [0.25, 0.3) is 0 Å². The summed E-state index contributed by atoms with van der Waals surface area (Å²) in [5.74, 6) is 1.11. The highest BCUT2D eigenvalue weighted by Gasteiger charge is 2.30. The van der Waals surface area contributed by atoms with Gasteiger partial charge in [-0.25, -0.2) is 0 Å². The first-order valence-corrected chi connectivity index (χ1v) is 6.82. The first-order valence-electron chi connectivity index (χ1n) is 6.82. The Morgan fingerprint density at radius 2 is 2.00 bits per heavy atom. The van der Waals surface area contributed by atoms with Gasteiger partial charge in [0.2, 0.25) is 0 Å². The molecule has 92 valence electrons. The molecule has 1 aromatic rings. The molecular weight excluding hydrogens is 210 g/mol. The summed E-state index contributed by atoms with van der Waals surface area (Å²) >= 11 is 0. The highest BCUT2D eigenvalue weighted by Crippen LogP contribution is 2.37. The Balaban J connectivity index is 1.83. The van der Waals surface area contributed by atoms with E-state index in [-0.39, 0.29) is 5.60 Å². The molecule has 0 atom stereocenters. The molecule has 0 aromatic heterocycles. The van der Waals surface area contributed by atoms with Crippen LogP contribution in [-0.2, 0) is 6.42 Å². The van der Waals surface area contributed by atoms with Crippen LogP contribution in [0, 0.1) is 0 Å². The zero-order valence-electron chi connectivity index (χ0n) is 10.6. The van der Waals surface area contributed by atoms with Gasteiger partial charge in [-0.3, -0.25) is 0 Å². The minimum atomic E-state index is 0.0654. The summed E-state index contributed by atoms with van der Waals surface area (Å²) in [4.78, 5) is 0. The second-order valence-electron chi connectivity index (χ2n) is 5.57. The van der Waals surface area contributed by atoms with Crippen LogP contribution in [0.5, 0.6) is 5.75 Å². The summed E-state index contributed by atoms with van der Waals surface area (Å²) in [6, 6.07) is 6.38. The smallest absolute Gasteiger partial charge is 0.125 e. The van der Waals surface area contributed by atoms with Crippen molar-refractivity contribution < 1.29 is 4.74 Å². The molecule has 0 unspecified atom stereocenters. The molecular formula is C15H21NO. The first-order chi connectivity index (χ1) is 8.27. The molecule has 3 rings (SSSR count). The molecule has 0 saturated heterocycles. The second kappa shape index (κ2) is 4.25. The van der Waals surface area contributed by atoms with Crippen molar-refractivity contribution in [3.8, 4) is 5.75 Å². The number of hydrogen-bond donors (Lipinski definition) is 1. The number of fused-ring (bicyclic) bond motifs is 1. The molecule has 1 aliphatic carbocycles. The third-order valence-electron chi connectivity index (χ3n) is 4.09. The number of hydrogen-bond acceptors (Lipinski definition) is 2. The normalized spacial score (nSPS) is 21.7. The van der Waals surface area contributed by atoms with Gasteiger partial charge in [-0.2, -0.15) is 0 Å². The average Bonchev–Trinajstić information content (AvgIpc) is 2.79. The Labute approximate surface area is 103 Å². The summed E-state index contributed by atoms with van der Waals surface area (Å²) in [7, 11) is 0. The van der Waals surface area contributed by atoms with Crippen molar-refractivity contribution in [3.63, 3.8) is 0 Å². The van der Waals surface area contributed by atoms with Crippen LogP contribution in [0.2, 0.25) is 0 Å². The highest BCUT2D eigenvalue weighted by molar-refractivity contribution is 5.61. The maximum absolute atomic E-state index is 6.35. The monoisotopic (exact) mass is 231 g/mol. The molecule has 0 spiro atoms. The molecule has 1 saturated carbocycles. The predicted molar refractivity (Wildman–Crippen MR) is 70.8 cm³/mol. The lowest BCUT2D eigenvalue weighted by Gasteiger charge is -2.34. The minimum absolute atomic E-state index is 0.0654. The van der Waals surface area contributed by atoms with Gasteiger partial charge in [0, 0.05) is 17.8 Å². The Bertz CT molecular complexity index is 407. The number of anilines is 1. The van der Waals surface area contributed by atoms with E-state index in [4.69, 9.17) is 4.74 Å². The number of ether oxygens (including phenoxy) is 1. The summed E-state index contributed by atoms with van der Waals surface area (Å²) < 4.78 is 6.35. The first kappa shape index (κ1) is 10.9. The average molecular weight is 231 g/mol. The summed E-state index contributed by atoms with van der Waals surface area (Å²) in [5, 5.41) is 3.41. The Hall–Kier alpha value is -1.18. The van der Waals surface area contributed by atoms with E-state index in [9.17, 15) is 0 Å². The van der Waals surface area contributed by atoms with Gasteiger partial charge in [0.15, 0.2) is 0 Å². The fourth-order valence-electron chi connectivity index (χ4n) is 3.07. The van der Waals surface area contributed by atoms with Gasteiger partial charge in [0.1, 0.15) is 11.4 Å². The maximum Gasteiger partial charge on any atom is 0.125 e. The van der Waals surface area contributed by atoms with Gasteiger partial charge in [-0.1, -0.05) is 12.5 Å². The fraction of sp³-hybridized carbons (Fsp3) is 0.600. The molecule has 1 N–H and O–H groups in total. The molecule has 2 aliphatic rings. The van der Waals surface area contributed by atoms with Crippen LogP contribution in [0.1, 0.15) is 44.6 Å². The van der Waals surface area contributed by atoms with Crippen LogP contribution in [0.15, 0.2) is 18.2 Å². The topological polar surface area (TPSA) is 21.3 Å². The van der Waals surface area contributed by atoms with Gasteiger partial charge < -0.3 is 10.1 Å². The van der Waals surface area contributed by atoms with E-state index >= 15 is 0 Å². The molecule has 1 aromatic carbocycles. The largest absolute Gasteiger partial charge is 0.487 e. The molecule has 0 amide bonds. The van der Waals surface area contributed by atoms with Crippen molar-refractivity contribution in [3.05, 3.63) is 23.8 Å². The van der Waals surface area contributed by atoms with Gasteiger partial charge >= 0.3 is 0 Å². The molecule has 2 heteroatoms. The van der Waals surface area contributed by atoms with Crippen LogP contribution in [0.3, 0.4) is 0 Å². The summed E-state index contributed by atoms with van der Waals surface area (Å²) in [6.45, 7) is 3.32. The van der Waals surface area contributed by atoms with Crippen molar-refractivity contribution in [2.24, 2.45) is 0 Å². The Morgan fingerprint density at radius 3 is 2.82 bits per heavy atom. The second-order valence-corrected chi connectivity index (χ2v) is 5.57.